The fraction of sp³-hybridized carbons (Fsp3) is 0.304. The first-order valence-corrected chi connectivity index (χ1v) is 10.7. The number of benzene rings is 2. The summed E-state index contributed by atoms with van der Waals surface area (Å²) in [5.74, 6) is -1.08. The molecule has 5 nitrogen and oxygen atoms in total. The summed E-state index contributed by atoms with van der Waals surface area (Å²) in [5, 5.41) is 9.84. The van der Waals surface area contributed by atoms with E-state index in [9.17, 15) is 9.18 Å². The number of hydrogen-bond donors (Lipinski definition) is 1. The lowest BCUT2D eigenvalue weighted by Gasteiger charge is -2.36. The van der Waals surface area contributed by atoms with Gasteiger partial charge in [-0.3, -0.25) is 9.69 Å². The van der Waals surface area contributed by atoms with Crippen LogP contribution >= 0.6 is 11.3 Å². The van der Waals surface area contributed by atoms with Crippen LogP contribution in [0.3, 0.4) is 0 Å². The van der Waals surface area contributed by atoms with Crippen molar-refractivity contribution in [2.24, 2.45) is 5.92 Å². The van der Waals surface area contributed by atoms with Crippen LogP contribution in [0.5, 0.6) is 5.75 Å². The third kappa shape index (κ3) is 4.52. The Labute approximate surface area is 178 Å². The van der Waals surface area contributed by atoms with Crippen molar-refractivity contribution in [1.29, 1.82) is 0 Å². The number of carboxylic acid groups (broad SMARTS) is 1. The lowest BCUT2D eigenvalue weighted by Crippen LogP contribution is -2.49. The fourth-order valence-corrected chi connectivity index (χ4v) is 4.33. The minimum atomic E-state index is -0.719. The Bertz CT molecular complexity index is 1040. The van der Waals surface area contributed by atoms with Gasteiger partial charge in [-0.15, -0.1) is 11.3 Å². The molecule has 7 heteroatoms. The minimum absolute atomic E-state index is 0.0805. The predicted molar refractivity (Wildman–Crippen MR) is 115 cm³/mol. The SMILES string of the molecule is CC(C)Oc1ccc(-c2cnc(-c3ccc(CN4CC(C(=O)O)C4)cc3)s2)cc1F. The first kappa shape index (κ1) is 20.5. The molecule has 1 aromatic heterocycles. The van der Waals surface area contributed by atoms with E-state index >= 15 is 0 Å². The summed E-state index contributed by atoms with van der Waals surface area (Å²) in [6.07, 6.45) is 1.68. The molecule has 0 radical (unpaired) electrons. The van der Waals surface area contributed by atoms with Gasteiger partial charge >= 0.3 is 5.97 Å². The topological polar surface area (TPSA) is 62.7 Å². The van der Waals surface area contributed by atoms with Crippen LogP contribution in [0.25, 0.3) is 21.0 Å². The van der Waals surface area contributed by atoms with E-state index in [2.05, 4.69) is 9.88 Å². The Morgan fingerprint density at radius 2 is 1.93 bits per heavy atom. The maximum atomic E-state index is 14.3. The number of aromatic nitrogens is 1. The van der Waals surface area contributed by atoms with Crippen molar-refractivity contribution in [3.8, 4) is 26.8 Å². The number of thiazole rings is 1. The average molecular weight is 427 g/mol. The van der Waals surface area contributed by atoms with Crippen molar-refractivity contribution in [3.63, 3.8) is 0 Å². The Balaban J connectivity index is 1.43. The second kappa shape index (κ2) is 8.53. The van der Waals surface area contributed by atoms with Gasteiger partial charge in [0.05, 0.1) is 16.9 Å². The molecule has 0 unspecified atom stereocenters. The number of carbonyl (C=O) groups is 1. The van der Waals surface area contributed by atoms with E-state index in [4.69, 9.17) is 9.84 Å². The Morgan fingerprint density at radius 1 is 1.23 bits per heavy atom. The summed E-state index contributed by atoms with van der Waals surface area (Å²) in [6.45, 7) is 5.68. The molecule has 0 aliphatic carbocycles. The number of likely N-dealkylation sites (tertiary alicyclic amines) is 1. The van der Waals surface area contributed by atoms with Crippen molar-refractivity contribution >= 4 is 17.3 Å². The van der Waals surface area contributed by atoms with Crippen LogP contribution in [0.4, 0.5) is 4.39 Å². The van der Waals surface area contributed by atoms with Crippen LogP contribution in [0, 0.1) is 11.7 Å². The minimum Gasteiger partial charge on any atom is -0.488 e. The van der Waals surface area contributed by atoms with Gasteiger partial charge in [-0.05, 0) is 43.2 Å². The van der Waals surface area contributed by atoms with Crippen LogP contribution in [-0.2, 0) is 11.3 Å². The van der Waals surface area contributed by atoms with Gasteiger partial charge in [-0.2, -0.15) is 0 Å². The molecule has 0 spiro atoms. The largest absolute Gasteiger partial charge is 0.488 e. The third-order valence-electron chi connectivity index (χ3n) is 5.00. The highest BCUT2D eigenvalue weighted by atomic mass is 32.1. The molecule has 1 aliphatic rings. The molecule has 0 saturated carbocycles. The van der Waals surface area contributed by atoms with Gasteiger partial charge in [0.2, 0.25) is 0 Å². The summed E-state index contributed by atoms with van der Waals surface area (Å²) in [7, 11) is 0. The number of rotatable bonds is 7. The summed E-state index contributed by atoms with van der Waals surface area (Å²) in [6, 6.07) is 13.1. The third-order valence-corrected chi connectivity index (χ3v) is 6.09. The van der Waals surface area contributed by atoms with Gasteiger partial charge in [-0.25, -0.2) is 9.37 Å². The normalized spacial score (nSPS) is 14.7. The lowest BCUT2D eigenvalue weighted by molar-refractivity contribution is -0.147. The highest BCUT2D eigenvalue weighted by Crippen LogP contribution is 2.34. The predicted octanol–water partition coefficient (Wildman–Crippen LogP) is 4.92. The molecule has 156 valence electrons. The van der Waals surface area contributed by atoms with Crippen LogP contribution < -0.4 is 4.74 Å². The number of ether oxygens (including phenoxy) is 1. The molecule has 2 heterocycles. The number of hydrogen-bond acceptors (Lipinski definition) is 5. The Kier molecular flexibility index (Phi) is 5.83. The van der Waals surface area contributed by atoms with E-state index in [1.165, 1.54) is 17.4 Å². The molecule has 0 amide bonds. The number of halogens is 1. The summed E-state index contributed by atoms with van der Waals surface area (Å²) >= 11 is 1.51. The number of aliphatic carboxylic acids is 1. The van der Waals surface area contributed by atoms with Gasteiger partial charge in [0.15, 0.2) is 11.6 Å². The van der Waals surface area contributed by atoms with Crippen LogP contribution in [-0.4, -0.2) is 40.2 Å². The maximum absolute atomic E-state index is 14.3. The number of carboxylic acids is 1. The van der Waals surface area contributed by atoms with Crippen molar-refractivity contribution in [1.82, 2.24) is 9.88 Å². The van der Waals surface area contributed by atoms with Gasteiger partial charge in [0, 0.05) is 31.4 Å². The van der Waals surface area contributed by atoms with E-state index in [1.54, 1.807) is 12.3 Å². The molecule has 1 N–H and O–H groups in total. The monoisotopic (exact) mass is 426 g/mol. The standard InChI is InChI=1S/C23H23FN2O3S/c1-14(2)29-20-8-7-17(9-19(20)24)21-10-25-22(30-21)16-5-3-15(4-6-16)11-26-12-18(13-26)23(27)28/h3-10,14,18H,11-13H2,1-2H3,(H,27,28). The van der Waals surface area contributed by atoms with E-state index in [0.717, 1.165) is 33.1 Å². The van der Waals surface area contributed by atoms with E-state index in [0.29, 0.717) is 13.1 Å². The van der Waals surface area contributed by atoms with Crippen molar-refractivity contribution in [2.75, 3.05) is 13.1 Å². The quantitative estimate of drug-likeness (QED) is 0.581. The highest BCUT2D eigenvalue weighted by Gasteiger charge is 2.32. The number of nitrogens with zero attached hydrogens (tertiary/aromatic N) is 2. The molecule has 4 rings (SSSR count). The summed E-state index contributed by atoms with van der Waals surface area (Å²) in [4.78, 5) is 18.4. The van der Waals surface area contributed by atoms with Gasteiger partial charge in [-0.1, -0.05) is 24.3 Å². The van der Waals surface area contributed by atoms with Crippen LogP contribution in [0.1, 0.15) is 19.4 Å². The van der Waals surface area contributed by atoms with Crippen LogP contribution in [0.15, 0.2) is 48.7 Å². The average Bonchev–Trinajstić information content (AvgIpc) is 3.16. The molecule has 2 aromatic carbocycles. The van der Waals surface area contributed by atoms with Gasteiger partial charge in [0.25, 0.3) is 0 Å². The van der Waals surface area contributed by atoms with E-state index in [1.807, 2.05) is 44.2 Å². The zero-order valence-corrected chi connectivity index (χ0v) is 17.7. The van der Waals surface area contributed by atoms with Crippen molar-refractivity contribution in [2.45, 2.75) is 26.5 Å². The summed E-state index contributed by atoms with van der Waals surface area (Å²) < 4.78 is 19.8. The maximum Gasteiger partial charge on any atom is 0.309 e. The molecule has 1 aliphatic heterocycles. The second-order valence-corrected chi connectivity index (χ2v) is 8.80. The zero-order chi connectivity index (χ0) is 21.3. The van der Waals surface area contributed by atoms with Crippen LogP contribution in [0.2, 0.25) is 0 Å². The highest BCUT2D eigenvalue weighted by molar-refractivity contribution is 7.18. The summed E-state index contributed by atoms with van der Waals surface area (Å²) in [5.41, 5.74) is 2.92. The first-order valence-electron chi connectivity index (χ1n) is 9.86. The molecule has 0 atom stereocenters. The first-order chi connectivity index (χ1) is 14.4. The molecule has 3 aromatic rings. The molecule has 1 saturated heterocycles. The van der Waals surface area contributed by atoms with Crippen molar-refractivity contribution in [3.05, 3.63) is 60.0 Å². The Hall–Kier alpha value is -2.77. The fourth-order valence-electron chi connectivity index (χ4n) is 3.41. The second-order valence-electron chi connectivity index (χ2n) is 7.77. The molecule has 30 heavy (non-hydrogen) atoms. The zero-order valence-electron chi connectivity index (χ0n) is 16.8. The van der Waals surface area contributed by atoms with Crippen molar-refractivity contribution < 1.29 is 19.0 Å². The molecular weight excluding hydrogens is 403 g/mol. The van der Waals surface area contributed by atoms with Gasteiger partial charge < -0.3 is 9.84 Å². The van der Waals surface area contributed by atoms with Gasteiger partial charge in [0.1, 0.15) is 5.01 Å². The van der Waals surface area contributed by atoms with E-state index in [-0.39, 0.29) is 23.6 Å². The smallest absolute Gasteiger partial charge is 0.309 e. The molecule has 0 bridgehead atoms. The lowest BCUT2D eigenvalue weighted by atomic mass is 9.99. The molecular formula is C23H23FN2O3S. The Morgan fingerprint density at radius 3 is 2.57 bits per heavy atom. The van der Waals surface area contributed by atoms with E-state index < -0.39 is 5.97 Å². The molecule has 1 fully saturated rings.